The number of carbonyl (C=O) groups is 1. The van der Waals surface area contributed by atoms with Crippen molar-refractivity contribution >= 4 is 11.7 Å². The maximum Gasteiger partial charge on any atom is 0.269 e. The second-order valence-corrected chi connectivity index (χ2v) is 2.59. The number of carbonyl (C=O) groups excluding carboxylic acids is 1. The predicted octanol–water partition coefficient (Wildman–Crippen LogP) is -0.366. The molecule has 6 nitrogen and oxygen atoms in total. The molecule has 76 valence electrons. The van der Waals surface area contributed by atoms with Crippen molar-refractivity contribution in [2.24, 2.45) is 5.73 Å². The Hall–Kier alpha value is -1.69. The molecule has 1 aromatic heterocycles. The molecular weight excluding hydrogens is 184 g/mol. The van der Waals surface area contributed by atoms with Crippen LogP contribution in [0.25, 0.3) is 0 Å². The molecule has 0 atom stereocenters. The van der Waals surface area contributed by atoms with Crippen molar-refractivity contribution in [2.45, 2.75) is 0 Å². The van der Waals surface area contributed by atoms with Crippen molar-refractivity contribution in [3.05, 3.63) is 17.8 Å². The van der Waals surface area contributed by atoms with Crippen LogP contribution in [0.2, 0.25) is 0 Å². The predicted molar refractivity (Wildman–Crippen MR) is 50.9 cm³/mol. The summed E-state index contributed by atoms with van der Waals surface area (Å²) in [6.07, 6.45) is 0. The summed E-state index contributed by atoms with van der Waals surface area (Å²) in [5.41, 5.74) is 5.16. The van der Waals surface area contributed by atoms with Crippen LogP contribution in [0.1, 0.15) is 10.5 Å². The SMILES string of the molecule is COCCNc1ccc(C(N)=O)nn1. The molecule has 3 N–H and O–H groups in total. The van der Waals surface area contributed by atoms with Crippen LogP contribution in [-0.4, -0.2) is 36.4 Å². The van der Waals surface area contributed by atoms with Crippen LogP contribution in [0.4, 0.5) is 5.82 Å². The second-order valence-electron chi connectivity index (χ2n) is 2.59. The van der Waals surface area contributed by atoms with Gasteiger partial charge in [-0.25, -0.2) is 0 Å². The lowest BCUT2D eigenvalue weighted by Crippen LogP contribution is -2.15. The minimum atomic E-state index is -0.582. The van der Waals surface area contributed by atoms with E-state index in [2.05, 4.69) is 15.5 Å². The lowest BCUT2D eigenvalue weighted by atomic mass is 10.4. The van der Waals surface area contributed by atoms with Gasteiger partial charge in [-0.15, -0.1) is 10.2 Å². The van der Waals surface area contributed by atoms with E-state index in [4.69, 9.17) is 10.5 Å². The van der Waals surface area contributed by atoms with E-state index in [1.165, 1.54) is 6.07 Å². The van der Waals surface area contributed by atoms with Crippen LogP contribution >= 0.6 is 0 Å². The molecular formula is C8H12N4O2. The molecule has 6 heteroatoms. The highest BCUT2D eigenvalue weighted by atomic mass is 16.5. The number of primary amides is 1. The zero-order chi connectivity index (χ0) is 10.4. The number of hydrogen-bond donors (Lipinski definition) is 2. The van der Waals surface area contributed by atoms with Gasteiger partial charge in [-0.1, -0.05) is 0 Å². The Bertz CT molecular complexity index is 299. The van der Waals surface area contributed by atoms with E-state index in [1.807, 2.05) is 0 Å². The Balaban J connectivity index is 2.51. The van der Waals surface area contributed by atoms with Gasteiger partial charge in [0, 0.05) is 13.7 Å². The maximum atomic E-state index is 10.7. The van der Waals surface area contributed by atoms with Gasteiger partial charge in [-0.2, -0.15) is 0 Å². The first-order valence-electron chi connectivity index (χ1n) is 4.10. The number of aromatic nitrogens is 2. The second kappa shape index (κ2) is 5.13. The Morgan fingerprint density at radius 1 is 1.57 bits per heavy atom. The molecule has 0 aliphatic rings. The zero-order valence-corrected chi connectivity index (χ0v) is 7.86. The van der Waals surface area contributed by atoms with Crippen LogP contribution in [0.3, 0.4) is 0 Å². The third kappa shape index (κ3) is 2.98. The monoisotopic (exact) mass is 196 g/mol. The fourth-order valence-corrected chi connectivity index (χ4v) is 0.839. The van der Waals surface area contributed by atoms with Crippen molar-refractivity contribution < 1.29 is 9.53 Å². The first-order valence-corrected chi connectivity index (χ1v) is 4.10. The summed E-state index contributed by atoms with van der Waals surface area (Å²) in [7, 11) is 1.61. The molecule has 0 aliphatic heterocycles. The zero-order valence-electron chi connectivity index (χ0n) is 7.86. The van der Waals surface area contributed by atoms with Gasteiger partial charge in [-0.3, -0.25) is 4.79 Å². The van der Waals surface area contributed by atoms with Gasteiger partial charge in [0.2, 0.25) is 0 Å². The fraction of sp³-hybridized carbons (Fsp3) is 0.375. The molecule has 0 aliphatic carbocycles. The fourth-order valence-electron chi connectivity index (χ4n) is 0.839. The topological polar surface area (TPSA) is 90.1 Å². The molecule has 0 bridgehead atoms. The molecule has 0 saturated carbocycles. The van der Waals surface area contributed by atoms with Gasteiger partial charge in [0.1, 0.15) is 5.82 Å². The number of methoxy groups -OCH3 is 1. The minimum absolute atomic E-state index is 0.155. The Morgan fingerprint density at radius 2 is 2.36 bits per heavy atom. The third-order valence-electron chi connectivity index (χ3n) is 1.53. The van der Waals surface area contributed by atoms with Gasteiger partial charge in [0.25, 0.3) is 5.91 Å². The molecule has 0 unspecified atom stereocenters. The molecule has 0 aromatic carbocycles. The standard InChI is InChI=1S/C8H12N4O2/c1-14-5-4-10-7-3-2-6(8(9)13)11-12-7/h2-3H,4-5H2,1H3,(H2,9,13)(H,10,12). The Kier molecular flexibility index (Phi) is 3.81. The maximum absolute atomic E-state index is 10.7. The first-order chi connectivity index (χ1) is 6.74. The number of rotatable bonds is 5. The largest absolute Gasteiger partial charge is 0.383 e. The highest BCUT2D eigenvalue weighted by molar-refractivity contribution is 5.90. The average Bonchev–Trinajstić information content (AvgIpc) is 2.19. The van der Waals surface area contributed by atoms with Gasteiger partial charge in [0.05, 0.1) is 6.61 Å². The van der Waals surface area contributed by atoms with Gasteiger partial charge < -0.3 is 15.8 Å². The number of hydrogen-bond acceptors (Lipinski definition) is 5. The van der Waals surface area contributed by atoms with Crippen LogP contribution in [0, 0.1) is 0 Å². The molecule has 1 aromatic rings. The summed E-state index contributed by atoms with van der Waals surface area (Å²) in [6, 6.07) is 3.16. The molecule has 0 radical (unpaired) electrons. The van der Waals surface area contributed by atoms with Crippen molar-refractivity contribution in [1.82, 2.24) is 10.2 Å². The number of nitrogens with zero attached hydrogens (tertiary/aromatic N) is 2. The number of nitrogens with two attached hydrogens (primary N) is 1. The Labute approximate surface area is 81.5 Å². The van der Waals surface area contributed by atoms with E-state index in [9.17, 15) is 4.79 Å². The highest BCUT2D eigenvalue weighted by Gasteiger charge is 2.01. The number of ether oxygens (including phenoxy) is 1. The molecule has 14 heavy (non-hydrogen) atoms. The summed E-state index contributed by atoms with van der Waals surface area (Å²) in [5.74, 6) is 0.00740. The van der Waals surface area contributed by atoms with E-state index in [0.717, 1.165) is 0 Å². The summed E-state index contributed by atoms with van der Waals surface area (Å²) in [6.45, 7) is 1.22. The lowest BCUT2D eigenvalue weighted by molar-refractivity contribution is 0.0994. The molecule has 0 saturated heterocycles. The van der Waals surface area contributed by atoms with E-state index < -0.39 is 5.91 Å². The summed E-state index contributed by atoms with van der Waals surface area (Å²) in [5, 5.41) is 10.3. The van der Waals surface area contributed by atoms with E-state index in [-0.39, 0.29) is 5.69 Å². The molecule has 1 heterocycles. The van der Waals surface area contributed by atoms with Crippen LogP contribution < -0.4 is 11.1 Å². The van der Waals surface area contributed by atoms with Gasteiger partial charge >= 0.3 is 0 Å². The number of nitrogens with one attached hydrogen (secondary N) is 1. The molecule has 0 spiro atoms. The smallest absolute Gasteiger partial charge is 0.269 e. The lowest BCUT2D eigenvalue weighted by Gasteiger charge is -2.03. The normalized spacial score (nSPS) is 9.79. The highest BCUT2D eigenvalue weighted by Crippen LogP contribution is 2.00. The van der Waals surface area contributed by atoms with Crippen LogP contribution in [-0.2, 0) is 4.74 Å². The van der Waals surface area contributed by atoms with Crippen molar-refractivity contribution in [3.8, 4) is 0 Å². The molecule has 1 amide bonds. The van der Waals surface area contributed by atoms with Gasteiger partial charge in [-0.05, 0) is 12.1 Å². The van der Waals surface area contributed by atoms with E-state index in [0.29, 0.717) is 19.0 Å². The van der Waals surface area contributed by atoms with Crippen molar-refractivity contribution in [2.75, 3.05) is 25.6 Å². The minimum Gasteiger partial charge on any atom is -0.383 e. The van der Waals surface area contributed by atoms with Gasteiger partial charge in [0.15, 0.2) is 5.69 Å². The van der Waals surface area contributed by atoms with Crippen molar-refractivity contribution in [1.29, 1.82) is 0 Å². The number of anilines is 1. The summed E-state index contributed by atoms with van der Waals surface area (Å²) < 4.78 is 4.84. The molecule has 1 rings (SSSR count). The Morgan fingerprint density at radius 3 is 2.86 bits per heavy atom. The third-order valence-corrected chi connectivity index (χ3v) is 1.53. The van der Waals surface area contributed by atoms with E-state index >= 15 is 0 Å². The summed E-state index contributed by atoms with van der Waals surface area (Å²) >= 11 is 0. The number of amides is 1. The summed E-state index contributed by atoms with van der Waals surface area (Å²) in [4.78, 5) is 10.7. The van der Waals surface area contributed by atoms with E-state index in [1.54, 1.807) is 13.2 Å². The van der Waals surface area contributed by atoms with Crippen molar-refractivity contribution in [3.63, 3.8) is 0 Å². The van der Waals surface area contributed by atoms with Crippen LogP contribution in [0.5, 0.6) is 0 Å². The quantitative estimate of drug-likeness (QED) is 0.627. The average molecular weight is 196 g/mol. The first kappa shape index (κ1) is 10.4. The van der Waals surface area contributed by atoms with Crippen LogP contribution in [0.15, 0.2) is 12.1 Å². The molecule has 0 fully saturated rings.